The van der Waals surface area contributed by atoms with E-state index < -0.39 is 0 Å². The van der Waals surface area contributed by atoms with E-state index in [-0.39, 0.29) is 5.69 Å². The van der Waals surface area contributed by atoms with Crippen LogP contribution >= 0.6 is 11.6 Å². The van der Waals surface area contributed by atoms with E-state index in [4.69, 9.17) is 16.3 Å². The van der Waals surface area contributed by atoms with Gasteiger partial charge in [0.1, 0.15) is 5.15 Å². The molecule has 0 aliphatic rings. The molecule has 0 N–H and O–H groups in total. The van der Waals surface area contributed by atoms with Crippen molar-refractivity contribution in [3.63, 3.8) is 0 Å². The standard InChI is InChI=1S/C10H12ClN3O2/c1-13-8-6-12-9(11)5-7(8)14(10(13)15)3-4-16-2/h5-6H,3-4H2,1-2H3. The van der Waals surface area contributed by atoms with Gasteiger partial charge >= 0.3 is 5.69 Å². The van der Waals surface area contributed by atoms with Gasteiger partial charge in [-0.2, -0.15) is 0 Å². The number of ether oxygens (including phenoxy) is 1. The SMILES string of the molecule is COCCn1c(=O)n(C)c2cnc(Cl)cc21. The third-order valence-electron chi connectivity index (χ3n) is 2.52. The van der Waals surface area contributed by atoms with Gasteiger partial charge in [0.2, 0.25) is 0 Å². The van der Waals surface area contributed by atoms with Crippen LogP contribution < -0.4 is 5.69 Å². The fourth-order valence-electron chi connectivity index (χ4n) is 1.67. The van der Waals surface area contributed by atoms with E-state index in [1.165, 1.54) is 0 Å². The van der Waals surface area contributed by atoms with Gasteiger partial charge in [0.25, 0.3) is 0 Å². The first-order valence-electron chi connectivity index (χ1n) is 4.85. The van der Waals surface area contributed by atoms with Crippen molar-refractivity contribution in [2.45, 2.75) is 6.54 Å². The molecule has 5 nitrogen and oxygen atoms in total. The highest BCUT2D eigenvalue weighted by molar-refractivity contribution is 6.29. The van der Waals surface area contributed by atoms with Gasteiger partial charge in [0, 0.05) is 20.2 Å². The summed E-state index contributed by atoms with van der Waals surface area (Å²) in [6, 6.07) is 1.69. The van der Waals surface area contributed by atoms with Crippen LogP contribution in [0.4, 0.5) is 0 Å². The minimum Gasteiger partial charge on any atom is -0.383 e. The molecule has 0 aromatic carbocycles. The molecular formula is C10H12ClN3O2. The smallest absolute Gasteiger partial charge is 0.328 e. The predicted octanol–water partition coefficient (Wildman–Crippen LogP) is 1.03. The van der Waals surface area contributed by atoms with E-state index >= 15 is 0 Å². The number of hydrogen-bond donors (Lipinski definition) is 0. The first-order valence-corrected chi connectivity index (χ1v) is 5.22. The van der Waals surface area contributed by atoms with Gasteiger partial charge in [-0.15, -0.1) is 0 Å². The van der Waals surface area contributed by atoms with Gasteiger partial charge in [-0.25, -0.2) is 9.78 Å². The van der Waals surface area contributed by atoms with Crippen molar-refractivity contribution in [1.82, 2.24) is 14.1 Å². The van der Waals surface area contributed by atoms with E-state index in [0.29, 0.717) is 18.3 Å². The second-order valence-corrected chi connectivity index (χ2v) is 3.87. The largest absolute Gasteiger partial charge is 0.383 e. The van der Waals surface area contributed by atoms with Crippen molar-refractivity contribution in [2.24, 2.45) is 7.05 Å². The molecule has 0 spiro atoms. The monoisotopic (exact) mass is 241 g/mol. The summed E-state index contributed by atoms with van der Waals surface area (Å²) in [5.41, 5.74) is 1.46. The predicted molar refractivity (Wildman–Crippen MR) is 61.9 cm³/mol. The summed E-state index contributed by atoms with van der Waals surface area (Å²) < 4.78 is 8.15. The molecule has 0 radical (unpaired) electrons. The molecule has 2 heterocycles. The van der Waals surface area contributed by atoms with Crippen LogP contribution in [-0.2, 0) is 18.3 Å². The van der Waals surface area contributed by atoms with E-state index in [2.05, 4.69) is 4.98 Å². The van der Waals surface area contributed by atoms with Crippen LogP contribution in [0.15, 0.2) is 17.1 Å². The average molecular weight is 242 g/mol. The summed E-state index contributed by atoms with van der Waals surface area (Å²) in [7, 11) is 3.31. The molecule has 0 bridgehead atoms. The van der Waals surface area contributed by atoms with Crippen molar-refractivity contribution in [1.29, 1.82) is 0 Å². The van der Waals surface area contributed by atoms with E-state index in [1.54, 1.807) is 35.6 Å². The second kappa shape index (κ2) is 4.27. The van der Waals surface area contributed by atoms with Gasteiger partial charge < -0.3 is 4.74 Å². The number of methoxy groups -OCH3 is 1. The van der Waals surface area contributed by atoms with Crippen molar-refractivity contribution in [2.75, 3.05) is 13.7 Å². The topological polar surface area (TPSA) is 49.0 Å². The quantitative estimate of drug-likeness (QED) is 0.755. The number of hydrogen-bond acceptors (Lipinski definition) is 3. The van der Waals surface area contributed by atoms with Crippen molar-refractivity contribution >= 4 is 22.6 Å². The zero-order valence-electron chi connectivity index (χ0n) is 9.11. The summed E-state index contributed by atoms with van der Waals surface area (Å²) in [6.45, 7) is 0.992. The van der Waals surface area contributed by atoms with Gasteiger partial charge in [-0.1, -0.05) is 11.6 Å². The summed E-state index contributed by atoms with van der Waals surface area (Å²) in [5.74, 6) is 0. The zero-order valence-corrected chi connectivity index (χ0v) is 9.86. The number of imidazole rings is 1. The number of pyridine rings is 1. The Morgan fingerprint density at radius 1 is 1.50 bits per heavy atom. The Balaban J connectivity index is 2.66. The number of rotatable bonds is 3. The molecule has 0 unspecified atom stereocenters. The van der Waals surface area contributed by atoms with E-state index in [0.717, 1.165) is 11.0 Å². The molecule has 6 heteroatoms. The summed E-state index contributed by atoms with van der Waals surface area (Å²) in [6.07, 6.45) is 1.60. The highest BCUT2D eigenvalue weighted by Crippen LogP contribution is 2.15. The summed E-state index contributed by atoms with van der Waals surface area (Å²) in [4.78, 5) is 15.9. The number of fused-ring (bicyclic) bond motifs is 1. The van der Waals surface area contributed by atoms with Gasteiger partial charge in [-0.05, 0) is 0 Å². The van der Waals surface area contributed by atoms with Crippen LogP contribution in [0.3, 0.4) is 0 Å². The van der Waals surface area contributed by atoms with Gasteiger partial charge in [-0.3, -0.25) is 9.13 Å². The Labute approximate surface area is 97.2 Å². The maximum absolute atomic E-state index is 11.9. The molecule has 0 aliphatic heterocycles. The third-order valence-corrected chi connectivity index (χ3v) is 2.72. The molecule has 2 aromatic heterocycles. The summed E-state index contributed by atoms with van der Waals surface area (Å²) >= 11 is 5.82. The molecule has 16 heavy (non-hydrogen) atoms. The lowest BCUT2D eigenvalue weighted by Crippen LogP contribution is -2.23. The molecule has 0 aliphatic carbocycles. The maximum atomic E-state index is 11.9. The molecular weight excluding hydrogens is 230 g/mol. The Kier molecular flexibility index (Phi) is 2.98. The molecule has 0 fully saturated rings. The first kappa shape index (κ1) is 11.2. The third kappa shape index (κ3) is 1.72. The number of nitrogens with zero attached hydrogens (tertiary/aromatic N) is 3. The Bertz CT molecular complexity index is 573. The van der Waals surface area contributed by atoms with Gasteiger partial charge in [0.05, 0.1) is 30.4 Å². The van der Waals surface area contributed by atoms with Gasteiger partial charge in [0.15, 0.2) is 0 Å². The van der Waals surface area contributed by atoms with Crippen molar-refractivity contribution < 1.29 is 4.74 Å². The molecule has 0 saturated carbocycles. The van der Waals surface area contributed by atoms with Crippen LogP contribution in [0, 0.1) is 0 Å². The number of halogens is 1. The fourth-order valence-corrected chi connectivity index (χ4v) is 1.83. The maximum Gasteiger partial charge on any atom is 0.328 e. The lowest BCUT2D eigenvalue weighted by molar-refractivity contribution is 0.187. The second-order valence-electron chi connectivity index (χ2n) is 3.48. The minimum atomic E-state index is -0.0869. The first-order chi connectivity index (χ1) is 7.65. The molecule has 0 saturated heterocycles. The van der Waals surface area contributed by atoms with Crippen molar-refractivity contribution in [3.8, 4) is 0 Å². The minimum absolute atomic E-state index is 0.0869. The lowest BCUT2D eigenvalue weighted by Gasteiger charge is -2.01. The molecule has 2 rings (SSSR count). The zero-order chi connectivity index (χ0) is 11.7. The summed E-state index contributed by atoms with van der Waals surface area (Å²) in [5, 5.41) is 0.379. The van der Waals surface area contributed by atoms with Crippen LogP contribution in [0.5, 0.6) is 0 Å². The highest BCUT2D eigenvalue weighted by Gasteiger charge is 2.10. The van der Waals surface area contributed by atoms with E-state index in [1.807, 2.05) is 0 Å². The molecule has 0 amide bonds. The normalized spacial score (nSPS) is 11.2. The van der Waals surface area contributed by atoms with Crippen LogP contribution in [0.2, 0.25) is 5.15 Å². The fraction of sp³-hybridized carbons (Fsp3) is 0.400. The number of aryl methyl sites for hydroxylation is 1. The molecule has 86 valence electrons. The van der Waals surface area contributed by atoms with Crippen LogP contribution in [-0.4, -0.2) is 27.8 Å². The average Bonchev–Trinajstić information content (AvgIpc) is 2.50. The Hall–Kier alpha value is -1.33. The molecule has 0 atom stereocenters. The van der Waals surface area contributed by atoms with Crippen LogP contribution in [0.1, 0.15) is 0 Å². The molecule has 2 aromatic rings. The van der Waals surface area contributed by atoms with Crippen LogP contribution in [0.25, 0.3) is 11.0 Å². The Morgan fingerprint density at radius 2 is 2.25 bits per heavy atom. The highest BCUT2D eigenvalue weighted by atomic mass is 35.5. The van der Waals surface area contributed by atoms with E-state index in [9.17, 15) is 4.79 Å². The Morgan fingerprint density at radius 3 is 2.94 bits per heavy atom. The van der Waals surface area contributed by atoms with Crippen molar-refractivity contribution in [3.05, 3.63) is 27.9 Å². The lowest BCUT2D eigenvalue weighted by atomic mass is 10.4. The number of aromatic nitrogens is 3.